The summed E-state index contributed by atoms with van der Waals surface area (Å²) >= 11 is 0. The summed E-state index contributed by atoms with van der Waals surface area (Å²) in [5.74, 6) is -0.556. The molecule has 0 aliphatic rings. The van der Waals surface area contributed by atoms with Crippen LogP contribution in [0.4, 0.5) is 17.2 Å². The van der Waals surface area contributed by atoms with Gasteiger partial charge in [-0.3, -0.25) is 10.1 Å². The third kappa shape index (κ3) is 4.48. The van der Waals surface area contributed by atoms with E-state index in [2.05, 4.69) is 15.3 Å². The number of hydrogen-bond acceptors (Lipinski definition) is 8. The van der Waals surface area contributed by atoms with Crippen molar-refractivity contribution in [2.75, 3.05) is 5.32 Å². The molecular weight excluding hydrogens is 328 g/mol. The highest BCUT2D eigenvalue weighted by Gasteiger charge is 2.31. The van der Waals surface area contributed by atoms with Crippen molar-refractivity contribution in [1.82, 2.24) is 9.97 Å². The first-order valence-electron chi connectivity index (χ1n) is 7.40. The number of benzene rings is 1. The lowest BCUT2D eigenvalue weighted by Crippen LogP contribution is -2.25. The lowest BCUT2D eigenvalue weighted by atomic mass is 10.0. The number of hydrogen-bond donors (Lipinski definition) is 2. The van der Waals surface area contributed by atoms with Gasteiger partial charge in [0.1, 0.15) is 29.0 Å². The molecule has 0 saturated carbocycles. The van der Waals surface area contributed by atoms with Crippen LogP contribution >= 0.6 is 0 Å². The monoisotopic (exact) mass is 346 g/mol. The molecule has 0 radical (unpaired) electrons. The van der Waals surface area contributed by atoms with Crippen LogP contribution in [0, 0.1) is 10.1 Å². The molecule has 9 heteroatoms. The Balaban J connectivity index is 2.57. The van der Waals surface area contributed by atoms with Gasteiger partial charge in [-0.2, -0.15) is 0 Å². The smallest absolute Gasteiger partial charge is 0.346 e. The van der Waals surface area contributed by atoms with Gasteiger partial charge in [-0.05, 0) is 38.5 Å². The minimum absolute atomic E-state index is 0.0572. The molecule has 2 N–H and O–H groups in total. The van der Waals surface area contributed by atoms with E-state index in [0.29, 0.717) is 5.82 Å². The molecule has 0 bridgehead atoms. The Morgan fingerprint density at radius 2 is 2.08 bits per heavy atom. The molecule has 1 heterocycles. The third-order valence-corrected chi connectivity index (χ3v) is 3.06. The molecule has 2 rings (SSSR count). The van der Waals surface area contributed by atoms with Gasteiger partial charge < -0.3 is 15.2 Å². The molecule has 1 aromatic heterocycles. The van der Waals surface area contributed by atoms with Gasteiger partial charge in [0.05, 0.1) is 11.5 Å². The Kier molecular flexibility index (Phi) is 5.28. The largest absolute Gasteiger partial charge is 0.456 e. The Hall–Kier alpha value is -3.07. The standard InChI is InChI=1S/C16H18N4O5/c1-16(2,3)25-15(22)13-10(8-21)4-5-11(14(13)20(23)24)19-12-6-7-17-9-18-12/h4-7,9,21H,8H2,1-3H3,(H,17,18,19). The first-order valence-corrected chi connectivity index (χ1v) is 7.40. The lowest BCUT2D eigenvalue weighted by Gasteiger charge is -2.21. The highest BCUT2D eigenvalue weighted by molar-refractivity contribution is 5.99. The van der Waals surface area contributed by atoms with E-state index in [0.717, 1.165) is 0 Å². The zero-order valence-corrected chi connectivity index (χ0v) is 14.0. The fourth-order valence-electron chi connectivity index (χ4n) is 2.11. The average molecular weight is 346 g/mol. The van der Waals surface area contributed by atoms with Crippen LogP contribution in [0.5, 0.6) is 0 Å². The van der Waals surface area contributed by atoms with E-state index in [4.69, 9.17) is 4.74 Å². The van der Waals surface area contributed by atoms with Crippen LogP contribution in [-0.4, -0.2) is 31.6 Å². The van der Waals surface area contributed by atoms with E-state index in [9.17, 15) is 20.0 Å². The van der Waals surface area contributed by atoms with Crippen molar-refractivity contribution in [1.29, 1.82) is 0 Å². The molecule has 0 spiro atoms. The second-order valence-corrected chi connectivity index (χ2v) is 6.13. The van der Waals surface area contributed by atoms with Gasteiger partial charge >= 0.3 is 11.7 Å². The number of carbonyl (C=O) groups excluding carboxylic acids is 1. The summed E-state index contributed by atoms with van der Waals surface area (Å²) in [7, 11) is 0. The van der Waals surface area contributed by atoms with Gasteiger partial charge in [0.2, 0.25) is 0 Å². The van der Waals surface area contributed by atoms with Crippen LogP contribution in [0.1, 0.15) is 36.7 Å². The second-order valence-electron chi connectivity index (χ2n) is 6.13. The molecule has 0 atom stereocenters. The molecule has 1 aromatic carbocycles. The number of nitrogens with one attached hydrogen (secondary N) is 1. The summed E-state index contributed by atoms with van der Waals surface area (Å²) in [6.45, 7) is 4.41. The SMILES string of the molecule is CC(C)(C)OC(=O)c1c(CO)ccc(Nc2ccncn2)c1[N+](=O)[O-]. The normalized spacial score (nSPS) is 11.0. The van der Waals surface area contributed by atoms with Crippen molar-refractivity contribution < 1.29 is 19.6 Å². The fraction of sp³-hybridized carbons (Fsp3) is 0.312. The number of carbonyl (C=O) groups is 1. The average Bonchev–Trinajstić information content (AvgIpc) is 2.53. The molecule has 0 fully saturated rings. The predicted octanol–water partition coefficient (Wildman–Crippen LogP) is 2.58. The second kappa shape index (κ2) is 7.22. The summed E-state index contributed by atoms with van der Waals surface area (Å²) in [6, 6.07) is 4.35. The molecule has 9 nitrogen and oxygen atoms in total. The van der Waals surface area contributed by atoms with Crippen LogP contribution in [0.3, 0.4) is 0 Å². The maximum Gasteiger partial charge on any atom is 0.346 e. The summed E-state index contributed by atoms with van der Waals surface area (Å²) in [4.78, 5) is 31.1. The van der Waals surface area contributed by atoms with E-state index in [1.165, 1.54) is 30.7 Å². The van der Waals surface area contributed by atoms with Gasteiger partial charge in [-0.1, -0.05) is 6.07 Å². The zero-order chi connectivity index (χ0) is 18.6. The van der Waals surface area contributed by atoms with Crippen LogP contribution in [-0.2, 0) is 11.3 Å². The summed E-state index contributed by atoms with van der Waals surface area (Å²) < 4.78 is 5.25. The van der Waals surface area contributed by atoms with E-state index in [-0.39, 0.29) is 16.8 Å². The van der Waals surface area contributed by atoms with Gasteiger partial charge in [-0.15, -0.1) is 0 Å². The Morgan fingerprint density at radius 1 is 1.36 bits per heavy atom. The number of nitro groups is 1. The first kappa shape index (κ1) is 18.3. The highest BCUT2D eigenvalue weighted by atomic mass is 16.6. The van der Waals surface area contributed by atoms with Crippen LogP contribution in [0.25, 0.3) is 0 Å². The van der Waals surface area contributed by atoms with Gasteiger partial charge in [-0.25, -0.2) is 14.8 Å². The Morgan fingerprint density at radius 3 is 2.60 bits per heavy atom. The molecular formula is C16H18N4O5. The van der Waals surface area contributed by atoms with Crippen LogP contribution in [0.2, 0.25) is 0 Å². The molecule has 0 saturated heterocycles. The molecule has 2 aromatic rings. The zero-order valence-electron chi connectivity index (χ0n) is 14.0. The van der Waals surface area contributed by atoms with Crippen LogP contribution < -0.4 is 5.32 Å². The van der Waals surface area contributed by atoms with Crippen molar-refractivity contribution >= 4 is 23.2 Å². The number of esters is 1. The lowest BCUT2D eigenvalue weighted by molar-refractivity contribution is -0.384. The topological polar surface area (TPSA) is 127 Å². The van der Waals surface area contributed by atoms with E-state index in [1.54, 1.807) is 20.8 Å². The third-order valence-electron chi connectivity index (χ3n) is 3.06. The minimum atomic E-state index is -0.880. The van der Waals surface area contributed by atoms with Gasteiger partial charge in [0, 0.05) is 6.20 Å². The maximum atomic E-state index is 12.5. The number of ether oxygens (including phenoxy) is 1. The Labute approximate surface area is 143 Å². The first-order chi connectivity index (χ1) is 11.7. The van der Waals surface area contributed by atoms with Crippen molar-refractivity contribution in [3.05, 3.63) is 52.0 Å². The summed E-state index contributed by atoms with van der Waals surface area (Å²) in [5, 5.41) is 23.9. The predicted molar refractivity (Wildman–Crippen MR) is 89.5 cm³/mol. The van der Waals surface area contributed by atoms with E-state index >= 15 is 0 Å². The maximum absolute atomic E-state index is 12.5. The number of nitro benzene ring substituents is 1. The summed E-state index contributed by atoms with van der Waals surface area (Å²) in [5.41, 5.74) is -1.45. The molecule has 0 unspecified atom stereocenters. The number of aromatic nitrogens is 2. The number of aliphatic hydroxyl groups excluding tert-OH is 1. The fourth-order valence-corrected chi connectivity index (χ4v) is 2.11. The van der Waals surface area contributed by atoms with Gasteiger partial charge in [0.15, 0.2) is 0 Å². The number of rotatable bonds is 5. The molecule has 25 heavy (non-hydrogen) atoms. The van der Waals surface area contributed by atoms with Crippen LogP contribution in [0.15, 0.2) is 30.7 Å². The molecule has 0 aliphatic heterocycles. The number of anilines is 2. The molecule has 132 valence electrons. The molecule has 0 aliphatic carbocycles. The van der Waals surface area contributed by atoms with E-state index < -0.39 is 28.8 Å². The quantitative estimate of drug-likeness (QED) is 0.480. The van der Waals surface area contributed by atoms with E-state index in [1.807, 2.05) is 0 Å². The van der Waals surface area contributed by atoms with Crippen molar-refractivity contribution in [3.8, 4) is 0 Å². The van der Waals surface area contributed by atoms with Gasteiger partial charge in [0.25, 0.3) is 0 Å². The number of nitrogens with zero attached hydrogens (tertiary/aromatic N) is 3. The minimum Gasteiger partial charge on any atom is -0.456 e. The van der Waals surface area contributed by atoms with Crippen molar-refractivity contribution in [2.24, 2.45) is 0 Å². The Bertz CT molecular complexity index is 787. The summed E-state index contributed by atoms with van der Waals surface area (Å²) in [6.07, 6.45) is 2.75. The highest BCUT2D eigenvalue weighted by Crippen LogP contribution is 2.34. The van der Waals surface area contributed by atoms with Crippen molar-refractivity contribution in [2.45, 2.75) is 33.0 Å². The molecule has 0 amide bonds. The number of aliphatic hydroxyl groups is 1. The van der Waals surface area contributed by atoms with Crippen molar-refractivity contribution in [3.63, 3.8) is 0 Å².